The largest absolute Gasteiger partial charge is 0.469 e. The maximum Gasteiger partial charge on any atom is 0.306 e. The Kier molecular flexibility index (Phi) is 4.95. The van der Waals surface area contributed by atoms with Crippen LogP contribution in [0, 0.1) is 5.82 Å². The Labute approximate surface area is 121 Å². The van der Waals surface area contributed by atoms with Crippen LogP contribution in [0.15, 0.2) is 30.5 Å². The van der Waals surface area contributed by atoms with Crippen molar-refractivity contribution < 1.29 is 13.9 Å². The van der Waals surface area contributed by atoms with Gasteiger partial charge in [-0.1, -0.05) is 13.0 Å². The van der Waals surface area contributed by atoms with Gasteiger partial charge in [-0.05, 0) is 23.8 Å². The van der Waals surface area contributed by atoms with Crippen molar-refractivity contribution in [2.24, 2.45) is 0 Å². The smallest absolute Gasteiger partial charge is 0.306 e. The number of hydrogen-bond donors (Lipinski definition) is 0. The summed E-state index contributed by atoms with van der Waals surface area (Å²) in [6.07, 6.45) is 2.03. The average Bonchev–Trinajstić information content (AvgIpc) is 2.46. The number of halogens is 1. The zero-order chi connectivity index (χ0) is 14.5. The number of rotatable bonds is 5. The third kappa shape index (κ3) is 3.48. The number of ether oxygens (including phenoxy) is 1. The number of aromatic nitrogens is 1. The fourth-order valence-corrected chi connectivity index (χ4v) is 2.87. The molecule has 1 aromatic heterocycles. The maximum atomic E-state index is 13.7. The van der Waals surface area contributed by atoms with Gasteiger partial charge in [0.1, 0.15) is 5.82 Å². The molecular formula is C15H16FNO2S. The number of fused-ring (bicyclic) bond motifs is 1. The van der Waals surface area contributed by atoms with Crippen LogP contribution >= 0.6 is 11.8 Å². The lowest BCUT2D eigenvalue weighted by Crippen LogP contribution is -2.08. The predicted molar refractivity (Wildman–Crippen MR) is 79.1 cm³/mol. The first-order valence-corrected chi connectivity index (χ1v) is 7.37. The Bertz CT molecular complexity index is 618. The molecule has 20 heavy (non-hydrogen) atoms. The second-order valence-electron chi connectivity index (χ2n) is 4.51. The molecule has 1 unspecified atom stereocenters. The monoisotopic (exact) mass is 293 g/mol. The molecule has 1 atom stereocenters. The molecule has 5 heteroatoms. The van der Waals surface area contributed by atoms with Gasteiger partial charge in [-0.15, -0.1) is 0 Å². The van der Waals surface area contributed by atoms with Gasteiger partial charge in [-0.25, -0.2) is 4.39 Å². The average molecular weight is 293 g/mol. The maximum absolute atomic E-state index is 13.7. The van der Waals surface area contributed by atoms with Gasteiger partial charge in [-0.3, -0.25) is 9.78 Å². The molecule has 0 bridgehead atoms. The molecule has 1 aromatic carbocycles. The Morgan fingerprint density at radius 3 is 3.00 bits per heavy atom. The molecule has 106 valence electrons. The van der Waals surface area contributed by atoms with Crippen molar-refractivity contribution in [2.45, 2.75) is 24.3 Å². The first kappa shape index (κ1) is 14.8. The Morgan fingerprint density at radius 2 is 2.25 bits per heavy atom. The van der Waals surface area contributed by atoms with Crippen LogP contribution in [0.5, 0.6) is 0 Å². The topological polar surface area (TPSA) is 39.2 Å². The van der Waals surface area contributed by atoms with E-state index in [2.05, 4.69) is 9.72 Å². The summed E-state index contributed by atoms with van der Waals surface area (Å²) in [4.78, 5) is 15.4. The first-order chi connectivity index (χ1) is 9.61. The highest BCUT2D eigenvalue weighted by molar-refractivity contribution is 7.99. The molecule has 0 aliphatic carbocycles. The second kappa shape index (κ2) is 6.70. The molecule has 0 fully saturated rings. The van der Waals surface area contributed by atoms with Gasteiger partial charge in [0, 0.05) is 22.6 Å². The zero-order valence-corrected chi connectivity index (χ0v) is 12.2. The summed E-state index contributed by atoms with van der Waals surface area (Å²) in [6.45, 7) is 1.97. The van der Waals surface area contributed by atoms with Crippen LogP contribution in [0.2, 0.25) is 0 Å². The van der Waals surface area contributed by atoms with Crippen LogP contribution in [-0.2, 0) is 15.3 Å². The summed E-state index contributed by atoms with van der Waals surface area (Å²) in [5, 5.41) is 0.678. The predicted octanol–water partition coefficient (Wildman–Crippen LogP) is 3.56. The molecule has 3 nitrogen and oxygen atoms in total. The van der Waals surface area contributed by atoms with Gasteiger partial charge < -0.3 is 4.74 Å². The molecule has 0 saturated heterocycles. The van der Waals surface area contributed by atoms with E-state index < -0.39 is 0 Å². The number of nitrogens with zero attached hydrogens (tertiary/aromatic N) is 1. The molecular weight excluding hydrogens is 277 g/mol. The summed E-state index contributed by atoms with van der Waals surface area (Å²) in [6, 6.07) is 6.67. The number of carbonyl (C=O) groups excluding carboxylic acids is 1. The summed E-state index contributed by atoms with van der Waals surface area (Å²) in [5.74, 6) is 0.211. The minimum atomic E-state index is -0.260. The lowest BCUT2D eigenvalue weighted by Gasteiger charge is -2.11. The molecule has 0 aliphatic heterocycles. The quantitative estimate of drug-likeness (QED) is 0.790. The van der Waals surface area contributed by atoms with E-state index in [1.807, 2.05) is 6.92 Å². The molecule has 0 radical (unpaired) electrons. The molecule has 1 heterocycles. The van der Waals surface area contributed by atoms with Crippen molar-refractivity contribution in [3.63, 3.8) is 0 Å². The van der Waals surface area contributed by atoms with Crippen molar-refractivity contribution in [1.82, 2.24) is 4.98 Å². The van der Waals surface area contributed by atoms with Gasteiger partial charge in [0.25, 0.3) is 0 Å². The highest BCUT2D eigenvalue weighted by Crippen LogP contribution is 2.26. The van der Waals surface area contributed by atoms with E-state index in [0.717, 1.165) is 5.56 Å². The molecule has 0 aliphatic rings. The van der Waals surface area contributed by atoms with Crippen LogP contribution in [-0.4, -0.2) is 23.3 Å². The summed E-state index contributed by atoms with van der Waals surface area (Å²) in [5.41, 5.74) is 1.66. The lowest BCUT2D eigenvalue weighted by atomic mass is 10.1. The standard InChI is InChI=1S/C15H16FNO2S/c1-10(8-14(18)19-2)20-9-11-5-6-13(16)12-4-3-7-17-15(11)12/h3-7,10H,8-9H2,1-2H3. The van der Waals surface area contributed by atoms with Crippen molar-refractivity contribution >= 4 is 28.6 Å². The Balaban J connectivity index is 2.11. The number of pyridine rings is 1. The number of hydrogen-bond acceptors (Lipinski definition) is 4. The highest BCUT2D eigenvalue weighted by atomic mass is 32.2. The van der Waals surface area contributed by atoms with Crippen molar-refractivity contribution in [1.29, 1.82) is 0 Å². The van der Waals surface area contributed by atoms with E-state index in [4.69, 9.17) is 0 Å². The third-order valence-electron chi connectivity index (χ3n) is 3.01. The molecule has 0 saturated carbocycles. The number of thioether (sulfide) groups is 1. The van der Waals surface area contributed by atoms with E-state index in [0.29, 0.717) is 23.1 Å². The number of benzene rings is 1. The minimum Gasteiger partial charge on any atom is -0.469 e. The van der Waals surface area contributed by atoms with E-state index in [1.165, 1.54) is 13.2 Å². The highest BCUT2D eigenvalue weighted by Gasteiger charge is 2.12. The van der Waals surface area contributed by atoms with Gasteiger partial charge in [0.2, 0.25) is 0 Å². The van der Waals surface area contributed by atoms with Gasteiger partial charge in [-0.2, -0.15) is 11.8 Å². The second-order valence-corrected chi connectivity index (χ2v) is 5.93. The van der Waals surface area contributed by atoms with E-state index in [1.54, 1.807) is 36.2 Å². The van der Waals surface area contributed by atoms with Crippen molar-refractivity contribution in [3.05, 3.63) is 41.8 Å². The molecule has 0 spiro atoms. The van der Waals surface area contributed by atoms with Crippen LogP contribution in [0.3, 0.4) is 0 Å². The van der Waals surface area contributed by atoms with E-state index in [-0.39, 0.29) is 17.0 Å². The van der Waals surface area contributed by atoms with Crippen LogP contribution in [0.4, 0.5) is 4.39 Å². The van der Waals surface area contributed by atoms with Crippen LogP contribution < -0.4 is 0 Å². The SMILES string of the molecule is COC(=O)CC(C)SCc1ccc(F)c2cccnc12. The van der Waals surface area contributed by atoms with Gasteiger partial charge in [0.05, 0.1) is 19.0 Å². The number of methoxy groups -OCH3 is 1. The minimum absolute atomic E-state index is 0.145. The summed E-state index contributed by atoms with van der Waals surface area (Å²) in [7, 11) is 1.39. The molecule has 0 N–H and O–H groups in total. The normalized spacial score (nSPS) is 12.3. The van der Waals surface area contributed by atoms with Crippen LogP contribution in [0.1, 0.15) is 18.9 Å². The first-order valence-electron chi connectivity index (χ1n) is 6.32. The fourth-order valence-electron chi connectivity index (χ4n) is 1.92. The number of esters is 1. The molecule has 0 amide bonds. The van der Waals surface area contributed by atoms with Gasteiger partial charge in [0.15, 0.2) is 0 Å². The molecule has 2 rings (SSSR count). The van der Waals surface area contributed by atoms with E-state index >= 15 is 0 Å². The summed E-state index contributed by atoms with van der Waals surface area (Å²) < 4.78 is 18.3. The fraction of sp³-hybridized carbons (Fsp3) is 0.333. The lowest BCUT2D eigenvalue weighted by molar-refractivity contribution is -0.140. The zero-order valence-electron chi connectivity index (χ0n) is 11.4. The van der Waals surface area contributed by atoms with Crippen LogP contribution in [0.25, 0.3) is 10.9 Å². The summed E-state index contributed by atoms with van der Waals surface area (Å²) >= 11 is 1.63. The van der Waals surface area contributed by atoms with E-state index in [9.17, 15) is 9.18 Å². The van der Waals surface area contributed by atoms with Gasteiger partial charge >= 0.3 is 5.97 Å². The molecule has 2 aromatic rings. The van der Waals surface area contributed by atoms with Crippen molar-refractivity contribution in [2.75, 3.05) is 7.11 Å². The Hall–Kier alpha value is -1.62. The number of carbonyl (C=O) groups is 1. The Morgan fingerprint density at radius 1 is 1.45 bits per heavy atom. The third-order valence-corrected chi connectivity index (χ3v) is 4.22. The van der Waals surface area contributed by atoms with Crippen molar-refractivity contribution in [3.8, 4) is 0 Å².